The molecular weight excluding hydrogens is 309 g/mol. The van der Waals surface area contributed by atoms with Crippen molar-refractivity contribution < 1.29 is 13.6 Å². The van der Waals surface area contributed by atoms with E-state index in [0.717, 1.165) is 25.9 Å². The summed E-state index contributed by atoms with van der Waals surface area (Å²) in [6, 6.07) is 6.33. The second-order valence-electron chi connectivity index (χ2n) is 6.64. The van der Waals surface area contributed by atoms with Gasteiger partial charge < -0.3 is 9.73 Å². The van der Waals surface area contributed by atoms with E-state index in [0.29, 0.717) is 23.4 Å². The van der Waals surface area contributed by atoms with Crippen molar-refractivity contribution in [3.8, 4) is 11.5 Å². The Labute approximate surface area is 139 Å². The van der Waals surface area contributed by atoms with Gasteiger partial charge in [0, 0.05) is 24.3 Å². The van der Waals surface area contributed by atoms with E-state index >= 15 is 0 Å². The molecule has 1 amide bonds. The quantitative estimate of drug-likeness (QED) is 0.941. The van der Waals surface area contributed by atoms with E-state index < -0.39 is 0 Å². The first-order valence-corrected chi connectivity index (χ1v) is 8.38. The van der Waals surface area contributed by atoms with Crippen LogP contribution in [-0.2, 0) is 0 Å². The van der Waals surface area contributed by atoms with Crippen LogP contribution in [0.3, 0.4) is 0 Å². The third kappa shape index (κ3) is 2.71. The fourth-order valence-electron chi connectivity index (χ4n) is 3.90. The topological polar surface area (TPSA) is 58.4 Å². The number of rotatable bonds is 3. The summed E-state index contributed by atoms with van der Waals surface area (Å²) in [5.41, 5.74) is 0.380. The van der Waals surface area contributed by atoms with Crippen LogP contribution in [0.2, 0.25) is 0 Å². The molecule has 0 radical (unpaired) electrons. The molecule has 3 aliphatic rings. The van der Waals surface area contributed by atoms with Crippen LogP contribution >= 0.6 is 0 Å². The summed E-state index contributed by atoms with van der Waals surface area (Å²) in [6.45, 7) is 4.41. The first-order chi connectivity index (χ1) is 11.6. The minimum Gasteiger partial charge on any atom is -0.449 e. The number of pyridine rings is 1. The molecule has 6 heteroatoms. The Hall–Kier alpha value is -2.21. The van der Waals surface area contributed by atoms with Crippen molar-refractivity contribution in [2.24, 2.45) is 5.92 Å². The zero-order valence-electron chi connectivity index (χ0n) is 13.5. The standard InChI is InChI=1S/C18H20FN3O2/c1-11-17(12-5-8-22(11)9-6-12)21-18(23)16-3-2-15(24-16)14-10-13(19)4-7-20-14/h2-4,7,10-12,17H,5-6,8-9H2,1H3,(H,21,23)/t11-,17-/m0/s1. The van der Waals surface area contributed by atoms with Gasteiger partial charge in [0.15, 0.2) is 11.5 Å². The fourth-order valence-corrected chi connectivity index (χ4v) is 3.90. The Balaban J connectivity index is 1.49. The van der Waals surface area contributed by atoms with Crippen molar-refractivity contribution in [2.45, 2.75) is 31.8 Å². The first kappa shape index (κ1) is 15.3. The number of carbonyl (C=O) groups is 1. The molecule has 0 aromatic carbocycles. The maximum atomic E-state index is 13.3. The molecule has 0 aliphatic carbocycles. The zero-order chi connectivity index (χ0) is 16.7. The van der Waals surface area contributed by atoms with Crippen molar-refractivity contribution in [1.82, 2.24) is 15.2 Å². The second kappa shape index (κ2) is 6.02. The molecule has 5 heterocycles. The van der Waals surface area contributed by atoms with Crippen molar-refractivity contribution in [1.29, 1.82) is 0 Å². The molecule has 0 saturated carbocycles. The van der Waals surface area contributed by atoms with Gasteiger partial charge in [0.1, 0.15) is 11.5 Å². The number of furan rings is 1. The summed E-state index contributed by atoms with van der Waals surface area (Å²) >= 11 is 0. The molecule has 2 aromatic heterocycles. The fraction of sp³-hybridized carbons (Fsp3) is 0.444. The smallest absolute Gasteiger partial charge is 0.287 e. The lowest BCUT2D eigenvalue weighted by Crippen LogP contribution is -2.62. The Kier molecular flexibility index (Phi) is 3.84. The van der Waals surface area contributed by atoms with Gasteiger partial charge in [-0.1, -0.05) is 0 Å². The molecule has 5 rings (SSSR count). The molecule has 5 nitrogen and oxygen atoms in total. The molecule has 3 aliphatic heterocycles. The van der Waals surface area contributed by atoms with Crippen molar-refractivity contribution in [3.63, 3.8) is 0 Å². The highest BCUT2D eigenvalue weighted by molar-refractivity contribution is 5.92. The predicted molar refractivity (Wildman–Crippen MR) is 86.9 cm³/mol. The number of nitrogens with zero attached hydrogens (tertiary/aromatic N) is 2. The first-order valence-electron chi connectivity index (χ1n) is 8.38. The third-order valence-corrected chi connectivity index (χ3v) is 5.28. The summed E-state index contributed by atoms with van der Waals surface area (Å²) in [7, 11) is 0. The molecule has 3 saturated heterocycles. The molecule has 2 aromatic rings. The van der Waals surface area contributed by atoms with Crippen LogP contribution in [0.15, 0.2) is 34.9 Å². The number of carbonyl (C=O) groups excluding carboxylic acids is 1. The van der Waals surface area contributed by atoms with Crippen molar-refractivity contribution >= 4 is 5.91 Å². The Morgan fingerprint density at radius 2 is 2.12 bits per heavy atom. The van der Waals surface area contributed by atoms with Gasteiger partial charge in [-0.3, -0.25) is 14.7 Å². The number of aromatic nitrogens is 1. The van der Waals surface area contributed by atoms with Gasteiger partial charge in [-0.2, -0.15) is 0 Å². The average Bonchev–Trinajstić information content (AvgIpc) is 3.09. The van der Waals surface area contributed by atoms with E-state index in [1.807, 2.05) is 0 Å². The van der Waals surface area contributed by atoms with E-state index in [2.05, 4.69) is 22.1 Å². The summed E-state index contributed by atoms with van der Waals surface area (Å²) in [5.74, 6) is 0.557. The maximum Gasteiger partial charge on any atom is 0.287 e. The van der Waals surface area contributed by atoms with Gasteiger partial charge >= 0.3 is 0 Å². The summed E-state index contributed by atoms with van der Waals surface area (Å²) in [5, 5.41) is 3.12. The van der Waals surface area contributed by atoms with Gasteiger partial charge in [-0.05, 0) is 57.0 Å². The minimum atomic E-state index is -0.386. The lowest BCUT2D eigenvalue weighted by Gasteiger charge is -2.49. The highest BCUT2D eigenvalue weighted by Gasteiger charge is 2.40. The maximum absolute atomic E-state index is 13.3. The van der Waals surface area contributed by atoms with Gasteiger partial charge in [0.25, 0.3) is 5.91 Å². The molecule has 3 fully saturated rings. The number of fused-ring (bicyclic) bond motifs is 3. The lowest BCUT2D eigenvalue weighted by molar-refractivity contribution is 0.0211. The van der Waals surface area contributed by atoms with Gasteiger partial charge in [-0.15, -0.1) is 0 Å². The Morgan fingerprint density at radius 1 is 1.33 bits per heavy atom. The number of hydrogen-bond acceptors (Lipinski definition) is 4. The van der Waals surface area contributed by atoms with E-state index in [1.54, 1.807) is 12.1 Å². The molecule has 24 heavy (non-hydrogen) atoms. The number of piperidine rings is 3. The largest absolute Gasteiger partial charge is 0.449 e. The van der Waals surface area contributed by atoms with Crippen LogP contribution in [-0.4, -0.2) is 41.0 Å². The number of nitrogens with one attached hydrogen (secondary N) is 1. The van der Waals surface area contributed by atoms with Gasteiger partial charge in [0.2, 0.25) is 0 Å². The van der Waals surface area contributed by atoms with E-state index in [4.69, 9.17) is 4.42 Å². The molecule has 0 spiro atoms. The van der Waals surface area contributed by atoms with Crippen molar-refractivity contribution in [3.05, 3.63) is 42.0 Å². The monoisotopic (exact) mass is 329 g/mol. The summed E-state index contributed by atoms with van der Waals surface area (Å²) in [6.07, 6.45) is 3.64. The summed E-state index contributed by atoms with van der Waals surface area (Å²) in [4.78, 5) is 19.0. The van der Waals surface area contributed by atoms with Crippen LogP contribution in [0.5, 0.6) is 0 Å². The van der Waals surface area contributed by atoms with Crippen LogP contribution < -0.4 is 5.32 Å². The van der Waals surface area contributed by atoms with Gasteiger partial charge in [0.05, 0.1) is 0 Å². The number of hydrogen-bond donors (Lipinski definition) is 1. The highest BCUT2D eigenvalue weighted by atomic mass is 19.1. The third-order valence-electron chi connectivity index (χ3n) is 5.28. The number of amides is 1. The molecule has 1 N–H and O–H groups in total. The Morgan fingerprint density at radius 3 is 2.83 bits per heavy atom. The molecule has 2 atom stereocenters. The molecule has 126 valence electrons. The van der Waals surface area contributed by atoms with Crippen molar-refractivity contribution in [2.75, 3.05) is 13.1 Å². The van der Waals surface area contributed by atoms with Crippen LogP contribution in [0.1, 0.15) is 30.3 Å². The van der Waals surface area contributed by atoms with Crippen LogP contribution in [0.4, 0.5) is 4.39 Å². The molecular formula is C18H20FN3O2. The average molecular weight is 329 g/mol. The predicted octanol–water partition coefficient (Wildman–Crippen LogP) is 2.69. The normalized spacial score (nSPS) is 28.8. The second-order valence-corrected chi connectivity index (χ2v) is 6.64. The lowest BCUT2D eigenvalue weighted by atomic mass is 9.79. The Bertz CT molecular complexity index is 750. The summed E-state index contributed by atoms with van der Waals surface area (Å²) < 4.78 is 18.9. The van der Waals surface area contributed by atoms with E-state index in [-0.39, 0.29) is 23.5 Å². The zero-order valence-corrected chi connectivity index (χ0v) is 13.5. The molecule has 2 bridgehead atoms. The van der Waals surface area contributed by atoms with E-state index in [1.165, 1.54) is 18.3 Å². The van der Waals surface area contributed by atoms with Gasteiger partial charge in [-0.25, -0.2) is 4.39 Å². The van der Waals surface area contributed by atoms with Crippen LogP contribution in [0.25, 0.3) is 11.5 Å². The SMILES string of the molecule is C[C@H]1[C@H](NC(=O)c2ccc(-c3cc(F)ccn3)o2)C2CCN1CC2. The minimum absolute atomic E-state index is 0.154. The highest BCUT2D eigenvalue weighted by Crippen LogP contribution is 2.32. The molecule has 0 unspecified atom stereocenters. The van der Waals surface area contributed by atoms with E-state index in [9.17, 15) is 9.18 Å². The van der Waals surface area contributed by atoms with Crippen LogP contribution in [0, 0.1) is 11.7 Å². The number of halogens is 1.